The van der Waals surface area contributed by atoms with E-state index in [4.69, 9.17) is 9.72 Å². The van der Waals surface area contributed by atoms with Crippen molar-refractivity contribution >= 4 is 44.6 Å². The van der Waals surface area contributed by atoms with E-state index in [-0.39, 0.29) is 10.8 Å². The lowest BCUT2D eigenvalue weighted by atomic mass is 9.74. The van der Waals surface area contributed by atoms with Crippen molar-refractivity contribution in [2.45, 2.75) is 64.7 Å². The van der Waals surface area contributed by atoms with Crippen LogP contribution in [0.4, 0.5) is 22.7 Å². The maximum absolute atomic E-state index is 7.68. The molecule has 12 aromatic rings. The molecule has 0 saturated heterocycles. The van der Waals surface area contributed by atoms with Crippen molar-refractivity contribution in [2.24, 2.45) is 0 Å². The van der Waals surface area contributed by atoms with Crippen LogP contribution >= 0.6 is 0 Å². The van der Waals surface area contributed by atoms with Crippen LogP contribution in [0, 0.1) is 0 Å². The number of benzene rings is 10. The van der Waals surface area contributed by atoms with Gasteiger partial charge in [0.1, 0.15) is 24.0 Å². The molecule has 0 radical (unpaired) electrons. The molecule has 14 rings (SSSR count). The van der Waals surface area contributed by atoms with Crippen LogP contribution in [0.15, 0.2) is 249 Å². The Labute approximate surface area is 476 Å². The molecule has 0 fully saturated rings. The first-order valence-electron chi connectivity index (χ1n) is 28.4. The van der Waals surface area contributed by atoms with Gasteiger partial charge in [0.15, 0.2) is 0 Å². The van der Waals surface area contributed by atoms with Gasteiger partial charge in [-0.2, -0.15) is 0 Å². The summed E-state index contributed by atoms with van der Waals surface area (Å²) in [7, 11) is 0. The first kappa shape index (κ1) is 49.8. The van der Waals surface area contributed by atoms with Gasteiger partial charge in [0.2, 0.25) is 0 Å². The second-order valence-electron chi connectivity index (χ2n) is 24.2. The molecule has 0 unspecified atom stereocenters. The van der Waals surface area contributed by atoms with Crippen molar-refractivity contribution < 1.29 is 4.74 Å². The van der Waals surface area contributed by atoms with Gasteiger partial charge < -0.3 is 14.5 Å². The maximum Gasteiger partial charge on any atom is 0.137 e. The third-order valence-electron chi connectivity index (χ3n) is 17.1. The number of fused-ring (bicyclic) bond motifs is 7. The summed E-state index contributed by atoms with van der Waals surface area (Å²) >= 11 is 0. The van der Waals surface area contributed by atoms with Gasteiger partial charge in [0, 0.05) is 56.9 Å². The number of hydrogen-bond acceptors (Lipinski definition) is 4. The summed E-state index contributed by atoms with van der Waals surface area (Å²) in [5.41, 5.74) is 21.5. The zero-order valence-corrected chi connectivity index (χ0v) is 47.1. The Morgan fingerprint density at radius 2 is 0.963 bits per heavy atom. The average Bonchev–Trinajstić information content (AvgIpc) is 4.36. The van der Waals surface area contributed by atoms with Gasteiger partial charge in [-0.3, -0.25) is 4.57 Å². The number of aromatic nitrogens is 2. The van der Waals surface area contributed by atoms with E-state index in [2.05, 4.69) is 305 Å². The number of para-hydroxylation sites is 3. The lowest BCUT2D eigenvalue weighted by Gasteiger charge is -2.32. The third-order valence-corrected chi connectivity index (χ3v) is 17.1. The standard InChI is InChI=1S/C76H64N4O/c1-74(2,3)53-39-40-77-72(45-53)80-67-36-22-19-33-60(67)64-47-61(50-25-11-8-12-26-50)71(48-70(64)80)81-57-42-55(76(7)65-34-20-17-31-58(65)59-32-18-21-35-66(59)76)41-56(46-57)78-49-79(69-38-24-23-37-68(69)78)73-62(51-27-13-9-14-28-51)43-54(75(4,5)6)44-63(73)52-29-15-10-16-30-52/h8-48H,49H2,1-7H3. The normalized spacial score (nSPS) is 13.6. The summed E-state index contributed by atoms with van der Waals surface area (Å²) in [5, 5.41) is 2.29. The van der Waals surface area contributed by atoms with Gasteiger partial charge in [-0.1, -0.05) is 211 Å². The minimum absolute atomic E-state index is 0.0664. The summed E-state index contributed by atoms with van der Waals surface area (Å²) in [6, 6.07) is 88.9. The predicted molar refractivity (Wildman–Crippen MR) is 338 cm³/mol. The van der Waals surface area contributed by atoms with Crippen LogP contribution in [0.25, 0.3) is 72.1 Å². The van der Waals surface area contributed by atoms with Crippen molar-refractivity contribution in [1.82, 2.24) is 9.55 Å². The van der Waals surface area contributed by atoms with E-state index in [1.807, 2.05) is 6.20 Å². The van der Waals surface area contributed by atoms with Crippen LogP contribution in [0.3, 0.4) is 0 Å². The molecule has 5 heteroatoms. The molecule has 2 aromatic heterocycles. The molecular weight excluding hydrogens is 985 g/mol. The number of ether oxygens (including phenoxy) is 1. The molecule has 0 saturated carbocycles. The smallest absolute Gasteiger partial charge is 0.137 e. The topological polar surface area (TPSA) is 33.5 Å². The molecule has 394 valence electrons. The molecule has 10 aromatic carbocycles. The molecule has 0 spiro atoms. The number of nitrogens with zero attached hydrogens (tertiary/aromatic N) is 4. The SMILES string of the molecule is CC(C)(C)c1ccnc(-n2c3ccccc3c3cc(-c4ccccc4)c(Oc4cc(N5CN(c6c(-c7ccccc7)cc(C(C)(C)C)cc6-c6ccccc6)c6ccccc65)cc(C5(C)c6ccccc6-c6ccccc65)c4)cc32)c1. The lowest BCUT2D eigenvalue weighted by molar-refractivity contribution is 0.483. The van der Waals surface area contributed by atoms with Crippen LogP contribution < -0.4 is 14.5 Å². The Kier molecular flexibility index (Phi) is 11.8. The lowest BCUT2D eigenvalue weighted by Crippen LogP contribution is -2.27. The molecule has 1 aliphatic carbocycles. The zero-order valence-electron chi connectivity index (χ0n) is 47.1. The van der Waals surface area contributed by atoms with Gasteiger partial charge in [-0.05, 0) is 134 Å². The van der Waals surface area contributed by atoms with E-state index >= 15 is 0 Å². The second-order valence-corrected chi connectivity index (χ2v) is 24.2. The van der Waals surface area contributed by atoms with Gasteiger partial charge in [0.05, 0.1) is 28.1 Å². The molecule has 0 amide bonds. The van der Waals surface area contributed by atoms with Crippen molar-refractivity contribution in [3.05, 3.63) is 277 Å². The Morgan fingerprint density at radius 1 is 0.432 bits per heavy atom. The number of rotatable bonds is 9. The fraction of sp³-hybridized carbons (Fsp3) is 0.145. The van der Waals surface area contributed by atoms with Crippen LogP contribution in [-0.2, 0) is 16.2 Å². The highest BCUT2D eigenvalue weighted by molar-refractivity contribution is 6.11. The molecule has 0 bridgehead atoms. The highest BCUT2D eigenvalue weighted by Crippen LogP contribution is 2.56. The Hall–Kier alpha value is -9.45. The quantitative estimate of drug-likeness (QED) is 0.144. The van der Waals surface area contributed by atoms with E-state index < -0.39 is 5.41 Å². The highest BCUT2D eigenvalue weighted by Gasteiger charge is 2.42. The van der Waals surface area contributed by atoms with Crippen LogP contribution in [0.1, 0.15) is 76.3 Å². The summed E-state index contributed by atoms with van der Waals surface area (Å²) in [5.74, 6) is 2.38. The minimum Gasteiger partial charge on any atom is -0.457 e. The van der Waals surface area contributed by atoms with E-state index in [0.717, 1.165) is 72.9 Å². The molecule has 2 aliphatic rings. The molecule has 3 heterocycles. The van der Waals surface area contributed by atoms with E-state index in [0.29, 0.717) is 6.67 Å². The van der Waals surface area contributed by atoms with Crippen molar-refractivity contribution in [3.63, 3.8) is 0 Å². The molecule has 0 N–H and O–H groups in total. The van der Waals surface area contributed by atoms with Crippen LogP contribution in [-0.4, -0.2) is 16.2 Å². The molecule has 1 aliphatic heterocycles. The van der Waals surface area contributed by atoms with Gasteiger partial charge in [-0.25, -0.2) is 4.98 Å². The first-order valence-corrected chi connectivity index (χ1v) is 28.4. The largest absolute Gasteiger partial charge is 0.457 e. The average molecular weight is 1050 g/mol. The molecule has 0 atom stereocenters. The monoisotopic (exact) mass is 1050 g/mol. The van der Waals surface area contributed by atoms with E-state index in [1.165, 1.54) is 61.3 Å². The summed E-state index contributed by atoms with van der Waals surface area (Å²) in [6.07, 6.45) is 1.95. The Bertz CT molecular complexity index is 4280. The predicted octanol–water partition coefficient (Wildman–Crippen LogP) is 20.1. The second kappa shape index (κ2) is 19.1. The van der Waals surface area contributed by atoms with Gasteiger partial charge in [-0.15, -0.1) is 0 Å². The fourth-order valence-electron chi connectivity index (χ4n) is 12.8. The zero-order chi connectivity index (χ0) is 55.2. The molecule has 5 nitrogen and oxygen atoms in total. The van der Waals surface area contributed by atoms with Crippen molar-refractivity contribution in [1.29, 1.82) is 0 Å². The molecular formula is C76H64N4O. The summed E-state index contributed by atoms with van der Waals surface area (Å²) < 4.78 is 10.00. The summed E-state index contributed by atoms with van der Waals surface area (Å²) in [6.45, 7) is 16.7. The fourth-order valence-corrected chi connectivity index (χ4v) is 12.8. The number of pyridine rings is 1. The Balaban J connectivity index is 1.00. The van der Waals surface area contributed by atoms with Gasteiger partial charge in [0.25, 0.3) is 0 Å². The Morgan fingerprint density at radius 3 is 1.57 bits per heavy atom. The van der Waals surface area contributed by atoms with Crippen molar-refractivity contribution in [2.75, 3.05) is 16.5 Å². The van der Waals surface area contributed by atoms with Crippen LogP contribution in [0.2, 0.25) is 0 Å². The number of hydrogen-bond donors (Lipinski definition) is 0. The highest BCUT2D eigenvalue weighted by atomic mass is 16.5. The van der Waals surface area contributed by atoms with Crippen molar-refractivity contribution in [3.8, 4) is 61.8 Å². The first-order chi connectivity index (χ1) is 39.3. The van der Waals surface area contributed by atoms with Crippen LogP contribution in [0.5, 0.6) is 11.5 Å². The van der Waals surface area contributed by atoms with Gasteiger partial charge >= 0.3 is 0 Å². The number of anilines is 4. The maximum atomic E-state index is 7.68. The third kappa shape index (κ3) is 8.41. The summed E-state index contributed by atoms with van der Waals surface area (Å²) in [4.78, 5) is 10.1. The van der Waals surface area contributed by atoms with E-state index in [1.54, 1.807) is 0 Å². The van der Waals surface area contributed by atoms with E-state index in [9.17, 15) is 0 Å². The minimum atomic E-state index is -0.521. The molecule has 81 heavy (non-hydrogen) atoms.